The molecule has 0 bridgehead atoms. The van der Waals surface area contributed by atoms with E-state index in [1.54, 1.807) is 0 Å². The maximum atomic E-state index is 5.87. The van der Waals surface area contributed by atoms with Crippen molar-refractivity contribution in [1.82, 2.24) is 0 Å². The third-order valence-corrected chi connectivity index (χ3v) is 2.84. The van der Waals surface area contributed by atoms with Crippen molar-refractivity contribution in [1.29, 1.82) is 0 Å². The first-order valence-electron chi connectivity index (χ1n) is 6.36. The van der Waals surface area contributed by atoms with Gasteiger partial charge in [-0.1, -0.05) is 46.5 Å². The normalized spacial score (nSPS) is 25.5. The van der Waals surface area contributed by atoms with Crippen LogP contribution in [0.25, 0.3) is 0 Å². The van der Waals surface area contributed by atoms with Gasteiger partial charge in [0.2, 0.25) is 0 Å². The number of rotatable bonds is 6. The topological polar surface area (TPSA) is 18.5 Å². The number of hydrogen-bond donors (Lipinski definition) is 0. The second-order valence-electron chi connectivity index (χ2n) is 4.76. The molecule has 0 spiro atoms. The van der Waals surface area contributed by atoms with Gasteiger partial charge in [-0.05, 0) is 6.42 Å². The molecule has 0 N–H and O–H groups in total. The van der Waals surface area contributed by atoms with Gasteiger partial charge in [-0.3, -0.25) is 0 Å². The Morgan fingerprint density at radius 3 is 2.62 bits per heavy atom. The minimum absolute atomic E-state index is 0. The monoisotopic (exact) mass is 220 g/mol. The van der Waals surface area contributed by atoms with Crippen LogP contribution in [0.3, 0.4) is 0 Å². The van der Waals surface area contributed by atoms with Crippen LogP contribution in [0.5, 0.6) is 0 Å². The summed E-state index contributed by atoms with van der Waals surface area (Å²) in [4.78, 5) is 0. The van der Waals surface area contributed by atoms with Gasteiger partial charge >= 0.3 is 18.9 Å². The van der Waals surface area contributed by atoms with E-state index in [0.717, 1.165) is 6.42 Å². The van der Waals surface area contributed by atoms with Crippen molar-refractivity contribution < 1.29 is 28.3 Å². The van der Waals surface area contributed by atoms with Crippen molar-refractivity contribution in [2.75, 3.05) is 0 Å². The molecule has 0 saturated carbocycles. The predicted octanol–water partition coefficient (Wildman–Crippen LogP) is 0.910. The number of hydrogen-bond acceptors (Lipinski definition) is 2. The zero-order valence-electron chi connectivity index (χ0n) is 11.4. The Morgan fingerprint density at radius 2 is 2.00 bits per heavy atom. The second kappa shape index (κ2) is 9.54. The molecular weight excluding hydrogens is 195 g/mol. The van der Waals surface area contributed by atoms with Crippen molar-refractivity contribution in [3.05, 3.63) is 6.61 Å². The van der Waals surface area contributed by atoms with Crippen molar-refractivity contribution in [2.24, 2.45) is 5.92 Å². The molecule has 1 rings (SSSR count). The van der Waals surface area contributed by atoms with Gasteiger partial charge in [-0.2, -0.15) is 0 Å². The Kier molecular flexibility index (Phi) is 9.85. The standard InChI is InChI=1S/C13H25O2.Li/c1-4-5-6-7-8-12-9-10-14-13(15-12)11(2)3;/h10-13H,4-9H2,1-3H3;/q-1;+1/t12-,13?;/m0./s1. The molecule has 0 aromatic rings. The largest absolute Gasteiger partial charge is 1.00 e. The number of ether oxygens (including phenoxy) is 2. The van der Waals surface area contributed by atoms with Gasteiger partial charge in [0.15, 0.2) is 0 Å². The van der Waals surface area contributed by atoms with Gasteiger partial charge in [0.1, 0.15) is 6.29 Å². The first-order chi connectivity index (χ1) is 7.24. The molecule has 0 radical (unpaired) electrons. The Morgan fingerprint density at radius 1 is 1.25 bits per heavy atom. The van der Waals surface area contributed by atoms with E-state index in [1.807, 2.05) is 6.61 Å². The molecule has 0 aromatic heterocycles. The van der Waals surface area contributed by atoms with Crippen LogP contribution < -0.4 is 18.9 Å². The molecule has 0 aromatic carbocycles. The Hall–Kier alpha value is 0.517. The molecule has 2 atom stereocenters. The van der Waals surface area contributed by atoms with Crippen molar-refractivity contribution in [3.63, 3.8) is 0 Å². The molecule has 1 fully saturated rings. The summed E-state index contributed by atoms with van der Waals surface area (Å²) in [6.07, 6.45) is 7.78. The van der Waals surface area contributed by atoms with Gasteiger partial charge in [-0.25, -0.2) is 6.61 Å². The summed E-state index contributed by atoms with van der Waals surface area (Å²) in [5, 5.41) is 0. The fourth-order valence-electron chi connectivity index (χ4n) is 1.83. The van der Waals surface area contributed by atoms with Crippen LogP contribution in [0.2, 0.25) is 0 Å². The maximum Gasteiger partial charge on any atom is 1.00 e. The van der Waals surface area contributed by atoms with E-state index < -0.39 is 0 Å². The molecule has 0 aliphatic carbocycles. The smallest absolute Gasteiger partial charge is 0.529 e. The molecule has 90 valence electrons. The van der Waals surface area contributed by atoms with E-state index in [9.17, 15) is 0 Å². The van der Waals surface area contributed by atoms with Crippen LogP contribution in [0.1, 0.15) is 59.3 Å². The van der Waals surface area contributed by atoms with Crippen molar-refractivity contribution in [2.45, 2.75) is 71.7 Å². The Labute approximate surface area is 113 Å². The van der Waals surface area contributed by atoms with E-state index in [1.165, 1.54) is 32.1 Å². The van der Waals surface area contributed by atoms with Crippen molar-refractivity contribution >= 4 is 0 Å². The summed E-state index contributed by atoms with van der Waals surface area (Å²) in [6, 6.07) is 0. The van der Waals surface area contributed by atoms with Crippen LogP contribution in [-0.2, 0) is 9.47 Å². The first-order valence-corrected chi connectivity index (χ1v) is 6.36. The zero-order chi connectivity index (χ0) is 11.1. The fourth-order valence-corrected chi connectivity index (χ4v) is 1.83. The molecule has 3 heteroatoms. The molecule has 1 aliphatic rings. The Bertz CT molecular complexity index is 162. The summed E-state index contributed by atoms with van der Waals surface area (Å²) in [6.45, 7) is 8.45. The SMILES string of the molecule is CCCCCC[C@H]1C[CH-]OC(C(C)C)O1.[Li+]. The molecule has 1 saturated heterocycles. The van der Waals surface area contributed by atoms with Crippen LogP contribution in [0.15, 0.2) is 0 Å². The van der Waals surface area contributed by atoms with Crippen LogP contribution >= 0.6 is 0 Å². The molecular formula is C13H25LiO2. The summed E-state index contributed by atoms with van der Waals surface area (Å²) in [5.41, 5.74) is 0. The summed E-state index contributed by atoms with van der Waals surface area (Å²) < 4.78 is 11.3. The molecule has 1 heterocycles. The molecule has 16 heavy (non-hydrogen) atoms. The average Bonchev–Trinajstić information content (AvgIpc) is 2.25. The van der Waals surface area contributed by atoms with E-state index in [-0.39, 0.29) is 25.2 Å². The number of unbranched alkanes of at least 4 members (excludes halogenated alkanes) is 3. The van der Waals surface area contributed by atoms with Crippen LogP contribution in [0, 0.1) is 12.5 Å². The van der Waals surface area contributed by atoms with E-state index in [4.69, 9.17) is 9.47 Å². The summed E-state index contributed by atoms with van der Waals surface area (Å²) >= 11 is 0. The average molecular weight is 220 g/mol. The van der Waals surface area contributed by atoms with Crippen LogP contribution in [-0.4, -0.2) is 12.4 Å². The Balaban J connectivity index is 0.00000225. The zero-order valence-corrected chi connectivity index (χ0v) is 11.4. The predicted molar refractivity (Wildman–Crippen MR) is 62.3 cm³/mol. The minimum Gasteiger partial charge on any atom is -0.529 e. The summed E-state index contributed by atoms with van der Waals surface area (Å²) in [5.74, 6) is 0.444. The third kappa shape index (κ3) is 6.30. The van der Waals surface area contributed by atoms with Gasteiger partial charge in [-0.15, -0.1) is 6.42 Å². The quantitative estimate of drug-likeness (QED) is 0.376. The summed E-state index contributed by atoms with van der Waals surface area (Å²) in [7, 11) is 0. The van der Waals surface area contributed by atoms with E-state index >= 15 is 0 Å². The minimum atomic E-state index is -0.0186. The van der Waals surface area contributed by atoms with Gasteiger partial charge in [0, 0.05) is 12.0 Å². The van der Waals surface area contributed by atoms with Gasteiger partial charge in [0.25, 0.3) is 0 Å². The van der Waals surface area contributed by atoms with Gasteiger partial charge < -0.3 is 9.47 Å². The molecule has 1 unspecified atom stereocenters. The van der Waals surface area contributed by atoms with Gasteiger partial charge in [0.05, 0.1) is 0 Å². The third-order valence-electron chi connectivity index (χ3n) is 2.84. The second-order valence-corrected chi connectivity index (χ2v) is 4.76. The fraction of sp³-hybridized carbons (Fsp3) is 0.923. The first kappa shape index (κ1) is 16.5. The molecule has 2 nitrogen and oxygen atoms in total. The maximum absolute atomic E-state index is 5.87. The van der Waals surface area contributed by atoms with E-state index in [0.29, 0.717) is 12.0 Å². The van der Waals surface area contributed by atoms with E-state index in [2.05, 4.69) is 20.8 Å². The molecule has 1 aliphatic heterocycles. The molecule has 0 amide bonds. The van der Waals surface area contributed by atoms with Crippen molar-refractivity contribution in [3.8, 4) is 0 Å². The van der Waals surface area contributed by atoms with Crippen LogP contribution in [0.4, 0.5) is 0 Å².